The van der Waals surface area contributed by atoms with Gasteiger partial charge in [-0.25, -0.2) is 0 Å². The number of hydrogen-bond acceptors (Lipinski definition) is 4. The Morgan fingerprint density at radius 3 is 2.28 bits per heavy atom. The molecule has 0 aliphatic rings. The fraction of sp³-hybridized carbons (Fsp3) is 0.130. The number of amides is 1. The molecule has 0 aliphatic carbocycles. The van der Waals surface area contributed by atoms with Gasteiger partial charge in [0.1, 0.15) is 12.4 Å². The highest BCUT2D eigenvalue weighted by atomic mass is 127. The van der Waals surface area contributed by atoms with Crippen molar-refractivity contribution in [2.45, 2.75) is 20.0 Å². The predicted octanol–water partition coefficient (Wildman–Crippen LogP) is 5.33. The molecule has 0 spiro atoms. The number of halogens is 1. The maximum absolute atomic E-state index is 11.6. The van der Waals surface area contributed by atoms with Crippen molar-refractivity contribution in [3.8, 4) is 16.9 Å². The fourth-order valence-electron chi connectivity index (χ4n) is 2.88. The molecule has 0 aliphatic heterocycles. The summed E-state index contributed by atoms with van der Waals surface area (Å²) in [5.74, 6) is 0.210. The highest BCUT2D eigenvalue weighted by Crippen LogP contribution is 2.28. The molecule has 3 rings (SSSR count). The highest BCUT2D eigenvalue weighted by molar-refractivity contribution is 14.1. The van der Waals surface area contributed by atoms with Gasteiger partial charge in [0.2, 0.25) is 5.91 Å². The van der Waals surface area contributed by atoms with Crippen LogP contribution in [-0.4, -0.2) is 11.9 Å². The van der Waals surface area contributed by atoms with Crippen molar-refractivity contribution in [3.05, 3.63) is 83.9 Å². The van der Waals surface area contributed by atoms with E-state index in [2.05, 4.69) is 5.32 Å². The molecule has 6 heteroatoms. The topological polar surface area (TPSA) is 64.6 Å². The minimum absolute atomic E-state index is 0.0884. The Kier molecular flexibility index (Phi) is 7.24. The average Bonchev–Trinajstić information content (AvgIpc) is 2.74. The molecule has 3 aromatic rings. The molecule has 1 N–H and O–H groups in total. The maximum Gasteiger partial charge on any atom is 0.319 e. The van der Waals surface area contributed by atoms with Crippen LogP contribution in [0.4, 0.5) is 5.69 Å². The van der Waals surface area contributed by atoms with Crippen molar-refractivity contribution < 1.29 is 17.4 Å². The lowest BCUT2D eigenvalue weighted by Crippen LogP contribution is -2.11. The largest absolute Gasteiger partial charge is 0.489 e. The quantitative estimate of drug-likeness (QED) is 0.445. The average molecular weight is 501 g/mol. The van der Waals surface area contributed by atoms with E-state index in [1.807, 2.05) is 72.8 Å². The van der Waals surface area contributed by atoms with Crippen molar-refractivity contribution >= 4 is 40.6 Å². The number of anilines is 1. The second-order valence-corrected chi connectivity index (χ2v) is 6.92. The van der Waals surface area contributed by atoms with Crippen LogP contribution in [-0.2, 0) is 25.7 Å². The highest BCUT2D eigenvalue weighted by Gasteiger charge is 2.12. The molecular weight excluding hydrogens is 481 g/mol. The molecule has 0 unspecified atom stereocenters. The maximum atomic E-state index is 11.6. The van der Waals surface area contributed by atoms with Crippen LogP contribution in [0.25, 0.3) is 11.1 Å². The number of benzene rings is 3. The molecule has 29 heavy (non-hydrogen) atoms. The third-order valence-electron chi connectivity index (χ3n) is 4.28. The van der Waals surface area contributed by atoms with Crippen LogP contribution in [0.15, 0.2) is 72.8 Å². The normalized spacial score (nSPS) is 10.3. The van der Waals surface area contributed by atoms with Crippen LogP contribution in [0.5, 0.6) is 5.75 Å². The Bertz CT molecular complexity index is 988. The number of hydrogen-bond donors (Lipinski definition) is 1. The van der Waals surface area contributed by atoms with Crippen molar-refractivity contribution in [2.24, 2.45) is 0 Å². The number of ether oxygens (including phenoxy) is 1. The van der Waals surface area contributed by atoms with Crippen molar-refractivity contribution in [1.82, 2.24) is 0 Å². The van der Waals surface area contributed by atoms with Gasteiger partial charge in [0.05, 0.1) is 6.42 Å². The monoisotopic (exact) mass is 501 g/mol. The molecule has 0 aromatic heterocycles. The molecule has 0 radical (unpaired) electrons. The molecule has 148 valence electrons. The lowest BCUT2D eigenvalue weighted by Gasteiger charge is -2.12. The zero-order chi connectivity index (χ0) is 20.6. The first-order valence-corrected chi connectivity index (χ1v) is 9.92. The summed E-state index contributed by atoms with van der Waals surface area (Å²) in [5, 5.41) is 2.79. The smallest absolute Gasteiger partial charge is 0.319 e. The van der Waals surface area contributed by atoms with E-state index in [1.165, 1.54) is 6.92 Å². The third-order valence-corrected chi connectivity index (χ3v) is 4.77. The molecular formula is C23H20INO4. The second-order valence-electron chi connectivity index (χ2n) is 6.48. The first-order valence-electron chi connectivity index (χ1n) is 9.04. The summed E-state index contributed by atoms with van der Waals surface area (Å²) in [4.78, 5) is 23.2. The number of rotatable bonds is 7. The van der Waals surface area contributed by atoms with Gasteiger partial charge in [-0.1, -0.05) is 54.6 Å². The van der Waals surface area contributed by atoms with E-state index < -0.39 is 0 Å². The van der Waals surface area contributed by atoms with Crippen LogP contribution in [0, 0.1) is 0 Å². The first-order chi connectivity index (χ1) is 14.0. The van der Waals surface area contributed by atoms with Gasteiger partial charge in [0.25, 0.3) is 0 Å². The molecule has 0 fully saturated rings. The van der Waals surface area contributed by atoms with Crippen molar-refractivity contribution in [2.75, 3.05) is 5.32 Å². The summed E-state index contributed by atoms with van der Waals surface area (Å²) in [6.45, 7) is 1.94. The molecule has 0 bridgehead atoms. The van der Waals surface area contributed by atoms with Gasteiger partial charge >= 0.3 is 5.97 Å². The summed E-state index contributed by atoms with van der Waals surface area (Å²) in [6, 6.07) is 23.3. The van der Waals surface area contributed by atoms with E-state index in [1.54, 1.807) is 23.0 Å². The van der Waals surface area contributed by atoms with Crippen LogP contribution < -0.4 is 10.1 Å². The van der Waals surface area contributed by atoms with Crippen molar-refractivity contribution in [3.63, 3.8) is 0 Å². The van der Waals surface area contributed by atoms with E-state index in [9.17, 15) is 9.59 Å². The summed E-state index contributed by atoms with van der Waals surface area (Å²) in [6.07, 6.45) is 0.0884. The van der Waals surface area contributed by atoms with Gasteiger partial charge < -0.3 is 13.1 Å². The Morgan fingerprint density at radius 1 is 0.931 bits per heavy atom. The van der Waals surface area contributed by atoms with E-state index in [-0.39, 0.29) is 18.3 Å². The van der Waals surface area contributed by atoms with Crippen LogP contribution in [0.3, 0.4) is 0 Å². The van der Waals surface area contributed by atoms with E-state index in [0.29, 0.717) is 17.9 Å². The zero-order valence-electron chi connectivity index (χ0n) is 15.9. The Labute approximate surface area is 183 Å². The Morgan fingerprint density at radius 2 is 1.62 bits per heavy atom. The van der Waals surface area contributed by atoms with E-state index >= 15 is 0 Å². The van der Waals surface area contributed by atoms with Gasteiger partial charge in [-0.2, -0.15) is 0 Å². The number of carbonyl (C=O) groups excluding carboxylic acids is 2. The molecule has 0 saturated carbocycles. The molecule has 0 atom stereocenters. The first kappa shape index (κ1) is 20.9. The summed E-state index contributed by atoms with van der Waals surface area (Å²) in [5.41, 5.74) is 4.31. The Balaban J connectivity index is 1.76. The van der Waals surface area contributed by atoms with Gasteiger partial charge in [-0.05, 0) is 40.5 Å². The SMILES string of the molecule is CC(=O)Nc1cc(-c2ccc(OCc3ccccc3)cc2)ccc1CC(=O)OI. The lowest BCUT2D eigenvalue weighted by atomic mass is 10.0. The van der Waals surface area contributed by atoms with Crippen LogP contribution in [0.2, 0.25) is 0 Å². The van der Waals surface area contributed by atoms with Gasteiger partial charge in [-0.3, -0.25) is 9.59 Å². The van der Waals surface area contributed by atoms with Gasteiger partial charge in [0, 0.05) is 12.6 Å². The van der Waals surface area contributed by atoms with Crippen LogP contribution in [0.1, 0.15) is 18.1 Å². The molecule has 0 saturated heterocycles. The summed E-state index contributed by atoms with van der Waals surface area (Å²) >= 11 is 1.56. The predicted molar refractivity (Wildman–Crippen MR) is 121 cm³/mol. The zero-order valence-corrected chi connectivity index (χ0v) is 18.0. The minimum Gasteiger partial charge on any atom is -0.489 e. The van der Waals surface area contributed by atoms with E-state index in [4.69, 9.17) is 7.80 Å². The van der Waals surface area contributed by atoms with E-state index in [0.717, 1.165) is 22.4 Å². The molecule has 1 amide bonds. The standard InChI is InChI=1S/C23H20INO4/c1-16(26)25-22-13-19(7-8-20(22)14-23(27)29-24)18-9-11-21(12-10-18)28-15-17-5-3-2-4-6-17/h2-13H,14-15H2,1H3,(H,25,26). The lowest BCUT2D eigenvalue weighted by molar-refractivity contribution is -0.130. The summed E-state index contributed by atoms with van der Waals surface area (Å²) < 4.78 is 10.5. The number of nitrogens with one attached hydrogen (secondary N) is 1. The van der Waals surface area contributed by atoms with Gasteiger partial charge in [-0.15, -0.1) is 0 Å². The van der Waals surface area contributed by atoms with Crippen LogP contribution >= 0.6 is 23.0 Å². The second kappa shape index (κ2) is 10.1. The van der Waals surface area contributed by atoms with Crippen molar-refractivity contribution in [1.29, 1.82) is 0 Å². The molecule has 0 heterocycles. The Hall–Kier alpha value is -2.87. The fourth-order valence-corrected chi connectivity index (χ4v) is 3.04. The van der Waals surface area contributed by atoms with Gasteiger partial charge in [0.15, 0.2) is 23.0 Å². The third kappa shape index (κ3) is 6.05. The number of carbonyl (C=O) groups is 2. The summed E-state index contributed by atoms with van der Waals surface area (Å²) in [7, 11) is 0. The molecule has 3 aromatic carbocycles. The molecule has 5 nitrogen and oxygen atoms in total. The minimum atomic E-state index is -0.370.